The fourth-order valence-corrected chi connectivity index (χ4v) is 1.84. The molecule has 1 aromatic rings. The normalized spacial score (nSPS) is 17.5. The van der Waals surface area contributed by atoms with Crippen molar-refractivity contribution in [3.8, 4) is 5.75 Å². The van der Waals surface area contributed by atoms with E-state index in [9.17, 15) is 0 Å². The second-order valence-electron chi connectivity index (χ2n) is 4.04. The Morgan fingerprint density at radius 1 is 1.40 bits per heavy atom. The Bertz CT molecular complexity index is 321. The van der Waals surface area contributed by atoms with Crippen LogP contribution in [-0.2, 0) is 6.42 Å². The van der Waals surface area contributed by atoms with Crippen molar-refractivity contribution in [3.63, 3.8) is 0 Å². The lowest BCUT2D eigenvalue weighted by molar-refractivity contribution is 0.0380. The van der Waals surface area contributed by atoms with E-state index in [1.807, 2.05) is 24.3 Å². The number of ether oxygens (including phenoxy) is 1. The van der Waals surface area contributed by atoms with Crippen molar-refractivity contribution >= 4 is 0 Å². The van der Waals surface area contributed by atoms with E-state index < -0.39 is 0 Å². The molecular weight excluding hydrogens is 190 g/mol. The Hall–Kier alpha value is -1.06. The van der Waals surface area contributed by atoms with E-state index in [0.717, 1.165) is 24.4 Å². The summed E-state index contributed by atoms with van der Waals surface area (Å²) in [6.07, 6.45) is 0.980. The van der Waals surface area contributed by atoms with Gasteiger partial charge in [0.2, 0.25) is 0 Å². The topological polar surface area (TPSA) is 32.7 Å². The molecule has 15 heavy (non-hydrogen) atoms. The molecule has 0 bridgehead atoms. The van der Waals surface area contributed by atoms with E-state index in [1.165, 1.54) is 0 Å². The summed E-state index contributed by atoms with van der Waals surface area (Å²) < 4.78 is 5.85. The monoisotopic (exact) mass is 207 g/mol. The molecule has 0 aliphatic carbocycles. The number of para-hydroxylation sites is 1. The minimum atomic E-state index is 0.172. The molecule has 1 aromatic carbocycles. The average Bonchev–Trinajstić information content (AvgIpc) is 2.19. The fraction of sp³-hybridized carbons (Fsp3) is 0.500. The van der Waals surface area contributed by atoms with Crippen molar-refractivity contribution in [3.05, 3.63) is 29.8 Å². The van der Waals surface area contributed by atoms with Crippen LogP contribution < -0.4 is 4.74 Å². The molecule has 2 rings (SSSR count). The Morgan fingerprint density at radius 2 is 2.13 bits per heavy atom. The van der Waals surface area contributed by atoms with Gasteiger partial charge in [-0.05, 0) is 25.1 Å². The summed E-state index contributed by atoms with van der Waals surface area (Å²) in [5.74, 6) is 0.921. The molecule has 0 amide bonds. The molecule has 0 radical (unpaired) electrons. The van der Waals surface area contributed by atoms with E-state index >= 15 is 0 Å². The number of rotatable bonds is 4. The van der Waals surface area contributed by atoms with E-state index in [1.54, 1.807) is 0 Å². The number of hydrogen-bond acceptors (Lipinski definition) is 3. The summed E-state index contributed by atoms with van der Waals surface area (Å²) in [5.41, 5.74) is 1.09. The van der Waals surface area contributed by atoms with E-state index in [-0.39, 0.29) is 6.61 Å². The molecule has 0 saturated carbocycles. The first kappa shape index (κ1) is 10.5. The second-order valence-corrected chi connectivity index (χ2v) is 4.04. The van der Waals surface area contributed by atoms with Crippen molar-refractivity contribution in [2.45, 2.75) is 12.5 Å². The van der Waals surface area contributed by atoms with Gasteiger partial charge >= 0.3 is 0 Å². The van der Waals surface area contributed by atoms with Crippen LogP contribution in [0.15, 0.2) is 24.3 Å². The molecule has 1 N–H and O–H groups in total. The van der Waals surface area contributed by atoms with Gasteiger partial charge in [-0.1, -0.05) is 18.2 Å². The van der Waals surface area contributed by atoms with Crippen molar-refractivity contribution in [1.82, 2.24) is 4.90 Å². The van der Waals surface area contributed by atoms with Crippen LogP contribution >= 0.6 is 0 Å². The highest BCUT2D eigenvalue weighted by molar-refractivity contribution is 5.33. The highest BCUT2D eigenvalue weighted by Gasteiger charge is 2.25. The van der Waals surface area contributed by atoms with Gasteiger partial charge in [-0.25, -0.2) is 0 Å². The minimum Gasteiger partial charge on any atom is -0.487 e. The maximum absolute atomic E-state index is 8.93. The van der Waals surface area contributed by atoms with Gasteiger partial charge in [-0.3, -0.25) is 4.90 Å². The third kappa shape index (κ3) is 2.49. The van der Waals surface area contributed by atoms with E-state index in [2.05, 4.69) is 11.9 Å². The Balaban J connectivity index is 2.00. The summed E-state index contributed by atoms with van der Waals surface area (Å²) in [5, 5.41) is 8.93. The molecule has 0 atom stereocenters. The van der Waals surface area contributed by atoms with Gasteiger partial charge in [0.05, 0.1) is 0 Å². The highest BCUT2D eigenvalue weighted by Crippen LogP contribution is 2.22. The van der Waals surface area contributed by atoms with Crippen LogP contribution in [0.25, 0.3) is 0 Å². The first-order valence-electron chi connectivity index (χ1n) is 5.33. The summed E-state index contributed by atoms with van der Waals surface area (Å²) in [7, 11) is 2.08. The number of aliphatic hydroxyl groups excluding tert-OH is 1. The summed E-state index contributed by atoms with van der Waals surface area (Å²) in [6.45, 7) is 2.16. The number of nitrogens with zero attached hydrogens (tertiary/aromatic N) is 1. The Labute approximate surface area is 90.3 Å². The lowest BCUT2D eigenvalue weighted by Gasteiger charge is -2.36. The van der Waals surface area contributed by atoms with Crippen LogP contribution in [0.4, 0.5) is 0 Å². The van der Waals surface area contributed by atoms with Gasteiger partial charge in [-0.15, -0.1) is 0 Å². The molecule has 0 spiro atoms. The third-order valence-electron chi connectivity index (χ3n) is 2.68. The van der Waals surface area contributed by atoms with Gasteiger partial charge in [0.1, 0.15) is 11.9 Å². The van der Waals surface area contributed by atoms with Crippen LogP contribution in [0.3, 0.4) is 0 Å². The van der Waals surface area contributed by atoms with Gasteiger partial charge in [0.25, 0.3) is 0 Å². The second kappa shape index (κ2) is 4.64. The lowest BCUT2D eigenvalue weighted by atomic mass is 10.1. The highest BCUT2D eigenvalue weighted by atomic mass is 16.5. The SMILES string of the molecule is CN1CC(Oc2ccccc2CCO)C1. The number of likely N-dealkylation sites (N-methyl/N-ethyl adjacent to an activating group) is 1. The van der Waals surface area contributed by atoms with Crippen LogP contribution in [0, 0.1) is 0 Å². The first-order chi connectivity index (χ1) is 7.29. The number of benzene rings is 1. The summed E-state index contributed by atoms with van der Waals surface area (Å²) in [6, 6.07) is 7.93. The van der Waals surface area contributed by atoms with Gasteiger partial charge < -0.3 is 9.84 Å². The fourth-order valence-electron chi connectivity index (χ4n) is 1.84. The van der Waals surface area contributed by atoms with Gasteiger partial charge in [-0.2, -0.15) is 0 Å². The molecule has 3 heteroatoms. The van der Waals surface area contributed by atoms with Crippen molar-refractivity contribution in [2.75, 3.05) is 26.7 Å². The third-order valence-corrected chi connectivity index (χ3v) is 2.68. The molecule has 1 aliphatic rings. The van der Waals surface area contributed by atoms with E-state index in [0.29, 0.717) is 12.5 Å². The predicted molar refractivity (Wildman–Crippen MR) is 59.1 cm³/mol. The van der Waals surface area contributed by atoms with Crippen LogP contribution in [0.2, 0.25) is 0 Å². The zero-order chi connectivity index (χ0) is 10.7. The number of likely N-dealkylation sites (tertiary alicyclic amines) is 1. The van der Waals surface area contributed by atoms with Crippen LogP contribution in [0.5, 0.6) is 5.75 Å². The Kier molecular flexibility index (Phi) is 3.23. The van der Waals surface area contributed by atoms with Crippen molar-refractivity contribution in [1.29, 1.82) is 0 Å². The first-order valence-corrected chi connectivity index (χ1v) is 5.33. The molecule has 1 aliphatic heterocycles. The molecule has 1 fully saturated rings. The summed E-state index contributed by atoms with van der Waals surface area (Å²) >= 11 is 0. The molecular formula is C12H17NO2. The molecule has 3 nitrogen and oxygen atoms in total. The lowest BCUT2D eigenvalue weighted by Crippen LogP contribution is -2.51. The quantitative estimate of drug-likeness (QED) is 0.796. The minimum absolute atomic E-state index is 0.172. The largest absolute Gasteiger partial charge is 0.487 e. The average molecular weight is 207 g/mol. The number of aliphatic hydroxyl groups is 1. The smallest absolute Gasteiger partial charge is 0.124 e. The van der Waals surface area contributed by atoms with E-state index in [4.69, 9.17) is 9.84 Å². The maximum Gasteiger partial charge on any atom is 0.124 e. The predicted octanol–water partition coefficient (Wildman–Crippen LogP) is 0.914. The zero-order valence-electron chi connectivity index (χ0n) is 9.02. The molecule has 0 unspecified atom stereocenters. The molecule has 1 saturated heterocycles. The maximum atomic E-state index is 8.93. The number of hydrogen-bond donors (Lipinski definition) is 1. The van der Waals surface area contributed by atoms with Crippen LogP contribution in [-0.4, -0.2) is 42.9 Å². The molecule has 82 valence electrons. The summed E-state index contributed by atoms with van der Waals surface area (Å²) in [4.78, 5) is 2.22. The zero-order valence-corrected chi connectivity index (χ0v) is 9.02. The van der Waals surface area contributed by atoms with Crippen LogP contribution in [0.1, 0.15) is 5.56 Å². The standard InChI is InChI=1S/C12H17NO2/c1-13-8-11(9-13)15-12-5-3-2-4-10(12)6-7-14/h2-5,11,14H,6-9H2,1H3. The van der Waals surface area contributed by atoms with Crippen molar-refractivity contribution < 1.29 is 9.84 Å². The Morgan fingerprint density at radius 3 is 2.80 bits per heavy atom. The van der Waals surface area contributed by atoms with Gasteiger partial charge in [0, 0.05) is 19.7 Å². The molecule has 0 aromatic heterocycles. The molecule has 1 heterocycles. The van der Waals surface area contributed by atoms with Gasteiger partial charge in [0.15, 0.2) is 0 Å². The van der Waals surface area contributed by atoms with Crippen molar-refractivity contribution in [2.24, 2.45) is 0 Å².